The van der Waals surface area contributed by atoms with E-state index in [9.17, 15) is 4.79 Å². The molecule has 0 bridgehead atoms. The van der Waals surface area contributed by atoms with Crippen LogP contribution in [0.25, 0.3) is 0 Å². The third-order valence-corrected chi connectivity index (χ3v) is 3.20. The van der Waals surface area contributed by atoms with E-state index >= 15 is 0 Å². The first-order valence-corrected chi connectivity index (χ1v) is 7.03. The predicted molar refractivity (Wildman–Crippen MR) is 83.2 cm³/mol. The van der Waals surface area contributed by atoms with Gasteiger partial charge in [0, 0.05) is 18.6 Å². The molecule has 0 spiro atoms. The lowest BCUT2D eigenvalue weighted by molar-refractivity contribution is -0.127. The first-order chi connectivity index (χ1) is 9.23. The minimum atomic E-state index is -0.203. The molecule has 0 aliphatic rings. The molecule has 0 aliphatic heterocycles. The summed E-state index contributed by atoms with van der Waals surface area (Å²) >= 11 is 0. The third kappa shape index (κ3) is 5.31. The van der Waals surface area contributed by atoms with E-state index in [0.29, 0.717) is 6.54 Å². The van der Waals surface area contributed by atoms with Crippen LogP contribution in [0.2, 0.25) is 0 Å². The molecular formula is C16H27N3O. The van der Waals surface area contributed by atoms with E-state index in [1.165, 1.54) is 5.56 Å². The number of nitrogens with zero attached hydrogens (tertiary/aromatic N) is 1. The zero-order valence-electron chi connectivity index (χ0n) is 13.2. The molecule has 1 unspecified atom stereocenters. The zero-order chi connectivity index (χ0) is 15.3. The van der Waals surface area contributed by atoms with Crippen molar-refractivity contribution in [1.29, 1.82) is 0 Å². The Morgan fingerprint density at radius 2 is 1.95 bits per heavy atom. The van der Waals surface area contributed by atoms with Crippen LogP contribution in [-0.4, -0.2) is 29.4 Å². The molecule has 0 radical (unpaired) electrons. The minimum Gasteiger partial charge on any atom is -0.350 e. The molecule has 0 fully saturated rings. The Morgan fingerprint density at radius 3 is 2.50 bits per heavy atom. The maximum absolute atomic E-state index is 12.1. The molecule has 1 amide bonds. The van der Waals surface area contributed by atoms with E-state index in [1.807, 2.05) is 51.8 Å². The van der Waals surface area contributed by atoms with Crippen molar-refractivity contribution in [2.45, 2.75) is 52.4 Å². The molecule has 0 saturated heterocycles. The van der Waals surface area contributed by atoms with Crippen LogP contribution < -0.4 is 11.1 Å². The van der Waals surface area contributed by atoms with Gasteiger partial charge < -0.3 is 11.1 Å². The normalized spacial score (nSPS) is 13.3. The minimum absolute atomic E-state index is 0.0509. The maximum Gasteiger partial charge on any atom is 0.237 e. The average Bonchev–Trinajstić information content (AvgIpc) is 2.36. The van der Waals surface area contributed by atoms with E-state index in [0.717, 1.165) is 12.1 Å². The molecule has 0 aliphatic carbocycles. The number of carbonyl (C=O) groups excluding carboxylic acids is 1. The Balaban J connectivity index is 2.65. The Labute approximate surface area is 122 Å². The van der Waals surface area contributed by atoms with Crippen LogP contribution in [0, 0.1) is 0 Å². The number of nitrogens with two attached hydrogens (primary N) is 1. The van der Waals surface area contributed by atoms with E-state index in [1.54, 1.807) is 0 Å². The Hall–Kier alpha value is -1.39. The predicted octanol–water partition coefficient (Wildman–Crippen LogP) is 1.88. The van der Waals surface area contributed by atoms with Gasteiger partial charge in [0.05, 0.1) is 6.04 Å². The molecule has 20 heavy (non-hydrogen) atoms. The van der Waals surface area contributed by atoms with Gasteiger partial charge in [-0.05, 0) is 45.9 Å². The van der Waals surface area contributed by atoms with Gasteiger partial charge in [-0.15, -0.1) is 0 Å². The second kappa shape index (κ2) is 6.86. The molecule has 112 valence electrons. The fourth-order valence-corrected chi connectivity index (χ4v) is 1.95. The molecule has 1 aromatic rings. The smallest absolute Gasteiger partial charge is 0.237 e. The van der Waals surface area contributed by atoms with Crippen molar-refractivity contribution in [2.75, 3.05) is 7.05 Å². The lowest BCUT2D eigenvalue weighted by atomic mass is 10.1. The van der Waals surface area contributed by atoms with Crippen LogP contribution in [0.3, 0.4) is 0 Å². The number of amides is 1. The average molecular weight is 277 g/mol. The highest BCUT2D eigenvalue weighted by Gasteiger charge is 2.22. The molecule has 1 aromatic carbocycles. The number of hydrogen-bond acceptors (Lipinski definition) is 3. The monoisotopic (exact) mass is 277 g/mol. The van der Waals surface area contributed by atoms with Gasteiger partial charge >= 0.3 is 0 Å². The van der Waals surface area contributed by atoms with Crippen molar-refractivity contribution in [1.82, 2.24) is 10.2 Å². The Kier molecular flexibility index (Phi) is 5.72. The molecule has 4 heteroatoms. The van der Waals surface area contributed by atoms with Crippen molar-refractivity contribution in [3.05, 3.63) is 35.4 Å². The van der Waals surface area contributed by atoms with E-state index in [2.05, 4.69) is 17.4 Å². The summed E-state index contributed by atoms with van der Waals surface area (Å²) in [5, 5.41) is 3.01. The van der Waals surface area contributed by atoms with Gasteiger partial charge in [0.2, 0.25) is 5.91 Å². The summed E-state index contributed by atoms with van der Waals surface area (Å²) in [4.78, 5) is 14.2. The molecule has 0 heterocycles. The van der Waals surface area contributed by atoms with E-state index in [4.69, 9.17) is 5.73 Å². The van der Waals surface area contributed by atoms with E-state index in [-0.39, 0.29) is 17.5 Å². The van der Waals surface area contributed by atoms with Crippen LogP contribution in [0.1, 0.15) is 38.8 Å². The van der Waals surface area contributed by atoms with Gasteiger partial charge in [0.15, 0.2) is 0 Å². The van der Waals surface area contributed by atoms with Gasteiger partial charge in [-0.25, -0.2) is 0 Å². The van der Waals surface area contributed by atoms with Crippen LogP contribution in [0.4, 0.5) is 0 Å². The van der Waals surface area contributed by atoms with E-state index < -0.39 is 0 Å². The molecule has 1 rings (SSSR count). The summed E-state index contributed by atoms with van der Waals surface area (Å²) < 4.78 is 0. The first kappa shape index (κ1) is 16.7. The van der Waals surface area contributed by atoms with Crippen LogP contribution >= 0.6 is 0 Å². The van der Waals surface area contributed by atoms with Gasteiger partial charge in [-0.3, -0.25) is 9.69 Å². The third-order valence-electron chi connectivity index (χ3n) is 3.20. The molecule has 1 atom stereocenters. The fraction of sp³-hybridized carbons (Fsp3) is 0.562. The van der Waals surface area contributed by atoms with Crippen molar-refractivity contribution >= 4 is 5.91 Å². The first-order valence-electron chi connectivity index (χ1n) is 7.03. The second-order valence-corrected chi connectivity index (χ2v) is 6.35. The van der Waals surface area contributed by atoms with Gasteiger partial charge in [-0.1, -0.05) is 24.3 Å². The summed E-state index contributed by atoms with van der Waals surface area (Å²) in [6, 6.07) is 8.00. The van der Waals surface area contributed by atoms with Gasteiger partial charge in [0.1, 0.15) is 0 Å². The number of nitrogens with one attached hydrogen (secondary N) is 1. The summed E-state index contributed by atoms with van der Waals surface area (Å²) in [7, 11) is 1.96. The fourth-order valence-electron chi connectivity index (χ4n) is 1.95. The molecule has 3 N–H and O–H groups in total. The SMILES string of the molecule is CC(C(=O)NC(C)(C)C)N(C)Cc1cccc(CN)c1. The summed E-state index contributed by atoms with van der Waals surface area (Å²) in [5.74, 6) is 0.0509. The maximum atomic E-state index is 12.1. The highest BCUT2D eigenvalue weighted by atomic mass is 16.2. The largest absolute Gasteiger partial charge is 0.350 e. The van der Waals surface area contributed by atoms with Crippen molar-refractivity contribution in [3.63, 3.8) is 0 Å². The van der Waals surface area contributed by atoms with Gasteiger partial charge in [0.25, 0.3) is 0 Å². The topological polar surface area (TPSA) is 58.4 Å². The van der Waals surface area contributed by atoms with Crippen LogP contribution in [0.15, 0.2) is 24.3 Å². The summed E-state index contributed by atoms with van der Waals surface area (Å²) in [6.07, 6.45) is 0. The van der Waals surface area contributed by atoms with Crippen molar-refractivity contribution in [3.8, 4) is 0 Å². The zero-order valence-corrected chi connectivity index (χ0v) is 13.2. The highest BCUT2D eigenvalue weighted by molar-refractivity contribution is 5.81. The lowest BCUT2D eigenvalue weighted by Gasteiger charge is -2.28. The standard InChI is InChI=1S/C16H27N3O/c1-12(15(20)18-16(2,3)4)19(5)11-14-8-6-7-13(9-14)10-17/h6-9,12H,10-11,17H2,1-5H3,(H,18,20). The summed E-state index contributed by atoms with van der Waals surface area (Å²) in [5.41, 5.74) is 7.73. The molecule has 0 saturated carbocycles. The van der Waals surface area contributed by atoms with Crippen molar-refractivity contribution in [2.24, 2.45) is 5.73 Å². The number of hydrogen-bond donors (Lipinski definition) is 2. The highest BCUT2D eigenvalue weighted by Crippen LogP contribution is 2.10. The van der Waals surface area contributed by atoms with Crippen molar-refractivity contribution < 1.29 is 4.79 Å². The second-order valence-electron chi connectivity index (χ2n) is 6.35. The molecular weight excluding hydrogens is 250 g/mol. The molecule has 4 nitrogen and oxygen atoms in total. The van der Waals surface area contributed by atoms with Crippen LogP contribution in [0.5, 0.6) is 0 Å². The van der Waals surface area contributed by atoms with Gasteiger partial charge in [-0.2, -0.15) is 0 Å². The number of likely N-dealkylation sites (N-methyl/N-ethyl adjacent to an activating group) is 1. The lowest BCUT2D eigenvalue weighted by Crippen LogP contribution is -2.49. The quantitative estimate of drug-likeness (QED) is 0.864. The number of benzene rings is 1. The van der Waals surface area contributed by atoms with Crippen LogP contribution in [-0.2, 0) is 17.9 Å². The number of carbonyl (C=O) groups is 1. The molecule has 0 aromatic heterocycles. The number of rotatable bonds is 5. The Bertz CT molecular complexity index is 451. The Morgan fingerprint density at radius 1 is 1.35 bits per heavy atom. The summed E-state index contributed by atoms with van der Waals surface area (Å²) in [6.45, 7) is 9.16.